The van der Waals surface area contributed by atoms with Crippen LogP contribution in [-0.2, 0) is 0 Å². The van der Waals surface area contributed by atoms with E-state index in [9.17, 15) is 15.2 Å². The standard InChI is InChI=1S/C15H11N5O3/c21-14-6-5-11(20(22)23)7-10(14)8-18-19-15-12-3-1-2-4-13(12)16-9-17-15/h1-9,21H,(H,16,17,19). The summed E-state index contributed by atoms with van der Waals surface area (Å²) >= 11 is 0. The van der Waals surface area contributed by atoms with Gasteiger partial charge in [-0.3, -0.25) is 15.5 Å². The van der Waals surface area contributed by atoms with Gasteiger partial charge in [0.2, 0.25) is 0 Å². The highest BCUT2D eigenvalue weighted by Gasteiger charge is 2.08. The summed E-state index contributed by atoms with van der Waals surface area (Å²) in [6.45, 7) is 0. The summed E-state index contributed by atoms with van der Waals surface area (Å²) in [5.41, 5.74) is 3.61. The number of hydrazone groups is 1. The number of nitrogens with one attached hydrogen (secondary N) is 1. The average Bonchev–Trinajstić information content (AvgIpc) is 2.56. The van der Waals surface area contributed by atoms with Crippen molar-refractivity contribution in [2.24, 2.45) is 5.10 Å². The molecule has 23 heavy (non-hydrogen) atoms. The van der Waals surface area contributed by atoms with E-state index in [1.54, 1.807) is 0 Å². The number of para-hydroxylation sites is 1. The van der Waals surface area contributed by atoms with Crippen LogP contribution in [0.3, 0.4) is 0 Å². The zero-order valence-electron chi connectivity index (χ0n) is 11.7. The van der Waals surface area contributed by atoms with Crippen LogP contribution in [-0.4, -0.2) is 26.2 Å². The summed E-state index contributed by atoms with van der Waals surface area (Å²) in [7, 11) is 0. The van der Waals surface area contributed by atoms with E-state index in [1.807, 2.05) is 24.3 Å². The third-order valence-electron chi connectivity index (χ3n) is 3.14. The highest BCUT2D eigenvalue weighted by atomic mass is 16.6. The molecule has 0 aliphatic heterocycles. The van der Waals surface area contributed by atoms with Crippen molar-refractivity contribution in [2.75, 3.05) is 5.43 Å². The summed E-state index contributed by atoms with van der Waals surface area (Å²) < 4.78 is 0. The van der Waals surface area contributed by atoms with Crippen LogP contribution in [0.1, 0.15) is 5.56 Å². The minimum atomic E-state index is -0.540. The molecular weight excluding hydrogens is 298 g/mol. The Balaban J connectivity index is 1.86. The molecule has 0 spiro atoms. The fraction of sp³-hybridized carbons (Fsp3) is 0. The second kappa shape index (κ2) is 6.06. The molecule has 8 heteroatoms. The fourth-order valence-corrected chi connectivity index (χ4v) is 2.02. The third kappa shape index (κ3) is 3.05. The molecule has 1 aromatic heterocycles. The van der Waals surface area contributed by atoms with Gasteiger partial charge in [-0.15, -0.1) is 0 Å². The number of phenols is 1. The van der Waals surface area contributed by atoms with E-state index in [1.165, 1.54) is 30.7 Å². The maximum Gasteiger partial charge on any atom is 0.270 e. The van der Waals surface area contributed by atoms with E-state index in [0.717, 1.165) is 10.9 Å². The number of phenolic OH excluding ortho intramolecular Hbond substituents is 1. The minimum absolute atomic E-state index is 0.103. The first-order valence-electron chi connectivity index (χ1n) is 6.61. The van der Waals surface area contributed by atoms with Gasteiger partial charge in [-0.2, -0.15) is 5.10 Å². The van der Waals surface area contributed by atoms with Gasteiger partial charge in [0.1, 0.15) is 12.1 Å². The summed E-state index contributed by atoms with van der Waals surface area (Å²) in [6, 6.07) is 11.1. The van der Waals surface area contributed by atoms with E-state index in [2.05, 4.69) is 20.5 Å². The van der Waals surface area contributed by atoms with Crippen LogP contribution >= 0.6 is 0 Å². The van der Waals surface area contributed by atoms with Crippen molar-refractivity contribution in [3.05, 3.63) is 64.5 Å². The number of benzene rings is 2. The van der Waals surface area contributed by atoms with Crippen molar-refractivity contribution in [1.29, 1.82) is 0 Å². The average molecular weight is 309 g/mol. The Labute approximate surface area is 130 Å². The molecule has 0 fully saturated rings. The normalized spacial score (nSPS) is 11.0. The van der Waals surface area contributed by atoms with E-state index in [0.29, 0.717) is 5.82 Å². The Morgan fingerprint density at radius 2 is 2.04 bits per heavy atom. The number of aromatic hydroxyl groups is 1. The number of anilines is 1. The molecule has 3 rings (SSSR count). The minimum Gasteiger partial charge on any atom is -0.507 e. The Morgan fingerprint density at radius 1 is 1.22 bits per heavy atom. The Kier molecular flexibility index (Phi) is 3.79. The SMILES string of the molecule is O=[N+]([O-])c1ccc(O)c(C=NNc2ncnc3ccccc23)c1. The first-order valence-corrected chi connectivity index (χ1v) is 6.61. The third-order valence-corrected chi connectivity index (χ3v) is 3.14. The molecule has 0 bridgehead atoms. The second-order valence-corrected chi connectivity index (χ2v) is 4.61. The van der Waals surface area contributed by atoms with Gasteiger partial charge in [-0.05, 0) is 18.2 Å². The molecule has 0 aliphatic rings. The van der Waals surface area contributed by atoms with Gasteiger partial charge in [-0.1, -0.05) is 12.1 Å². The lowest BCUT2D eigenvalue weighted by Crippen LogP contribution is -1.96. The number of nitrogens with zero attached hydrogens (tertiary/aromatic N) is 4. The molecule has 0 amide bonds. The van der Waals surface area contributed by atoms with Crippen molar-refractivity contribution in [3.8, 4) is 5.75 Å². The lowest BCUT2D eigenvalue weighted by atomic mass is 10.2. The highest BCUT2D eigenvalue weighted by Crippen LogP contribution is 2.22. The van der Waals surface area contributed by atoms with E-state index in [4.69, 9.17) is 0 Å². The lowest BCUT2D eigenvalue weighted by molar-refractivity contribution is -0.384. The molecule has 2 aromatic carbocycles. The van der Waals surface area contributed by atoms with Crippen molar-refractivity contribution >= 4 is 28.6 Å². The number of hydrogen-bond acceptors (Lipinski definition) is 7. The lowest BCUT2D eigenvalue weighted by Gasteiger charge is -2.03. The predicted octanol–water partition coefficient (Wildman–Crippen LogP) is 2.69. The van der Waals surface area contributed by atoms with E-state index < -0.39 is 4.92 Å². The Morgan fingerprint density at radius 3 is 2.87 bits per heavy atom. The molecule has 0 radical (unpaired) electrons. The molecule has 3 aromatic rings. The maximum atomic E-state index is 10.8. The monoisotopic (exact) mass is 309 g/mol. The van der Waals surface area contributed by atoms with Crippen LogP contribution in [0.25, 0.3) is 10.9 Å². The van der Waals surface area contributed by atoms with Crippen LogP contribution in [0.4, 0.5) is 11.5 Å². The zero-order valence-corrected chi connectivity index (χ0v) is 11.7. The summed E-state index contributed by atoms with van der Waals surface area (Å²) in [5, 5.41) is 25.2. The fourth-order valence-electron chi connectivity index (χ4n) is 2.02. The van der Waals surface area contributed by atoms with Crippen LogP contribution in [0.5, 0.6) is 5.75 Å². The van der Waals surface area contributed by atoms with Gasteiger partial charge in [0.15, 0.2) is 5.82 Å². The number of non-ortho nitro benzene ring substituents is 1. The van der Waals surface area contributed by atoms with E-state index >= 15 is 0 Å². The van der Waals surface area contributed by atoms with Crippen molar-refractivity contribution in [1.82, 2.24) is 9.97 Å². The van der Waals surface area contributed by atoms with Crippen LogP contribution in [0.15, 0.2) is 53.9 Å². The molecule has 2 N–H and O–H groups in total. The van der Waals surface area contributed by atoms with Gasteiger partial charge in [-0.25, -0.2) is 9.97 Å². The van der Waals surface area contributed by atoms with Gasteiger partial charge >= 0.3 is 0 Å². The van der Waals surface area contributed by atoms with Crippen LogP contribution in [0, 0.1) is 10.1 Å². The Bertz CT molecular complexity index is 905. The smallest absolute Gasteiger partial charge is 0.270 e. The molecule has 8 nitrogen and oxygen atoms in total. The first kappa shape index (κ1) is 14.4. The second-order valence-electron chi connectivity index (χ2n) is 4.61. The van der Waals surface area contributed by atoms with Crippen LogP contribution < -0.4 is 5.43 Å². The van der Waals surface area contributed by atoms with E-state index in [-0.39, 0.29) is 17.0 Å². The largest absolute Gasteiger partial charge is 0.507 e. The quantitative estimate of drug-likeness (QED) is 0.435. The number of aromatic nitrogens is 2. The maximum absolute atomic E-state index is 10.8. The molecule has 0 atom stereocenters. The van der Waals surface area contributed by atoms with Gasteiger partial charge in [0, 0.05) is 23.1 Å². The van der Waals surface area contributed by atoms with Gasteiger partial charge < -0.3 is 5.11 Å². The molecule has 0 aliphatic carbocycles. The molecule has 114 valence electrons. The summed E-state index contributed by atoms with van der Waals surface area (Å²) in [5.74, 6) is 0.394. The summed E-state index contributed by atoms with van der Waals surface area (Å²) in [6.07, 6.45) is 2.70. The van der Waals surface area contributed by atoms with Crippen molar-refractivity contribution < 1.29 is 10.0 Å². The summed E-state index contributed by atoms with van der Waals surface area (Å²) in [4.78, 5) is 18.4. The number of fused-ring (bicyclic) bond motifs is 1. The zero-order chi connectivity index (χ0) is 16.2. The molecule has 1 heterocycles. The molecule has 0 saturated carbocycles. The topological polar surface area (TPSA) is 114 Å². The highest BCUT2D eigenvalue weighted by molar-refractivity contribution is 5.90. The Hall–Kier alpha value is -3.55. The van der Waals surface area contributed by atoms with Crippen molar-refractivity contribution in [2.45, 2.75) is 0 Å². The van der Waals surface area contributed by atoms with Crippen molar-refractivity contribution in [3.63, 3.8) is 0 Å². The number of nitro groups is 1. The molecule has 0 saturated heterocycles. The van der Waals surface area contributed by atoms with Gasteiger partial charge in [0.05, 0.1) is 16.7 Å². The molecular formula is C15H11N5O3. The van der Waals surface area contributed by atoms with Gasteiger partial charge in [0.25, 0.3) is 5.69 Å². The number of rotatable bonds is 4. The predicted molar refractivity (Wildman–Crippen MR) is 85.5 cm³/mol. The van der Waals surface area contributed by atoms with Crippen LogP contribution in [0.2, 0.25) is 0 Å². The number of nitro benzene ring substituents is 1. The molecule has 0 unspecified atom stereocenters. The number of hydrogen-bond donors (Lipinski definition) is 2. The first-order chi connectivity index (χ1) is 11.1.